The molecule has 1 heterocycles. The third-order valence-corrected chi connectivity index (χ3v) is 5.17. The first-order chi connectivity index (χ1) is 12.5. The molecule has 0 saturated carbocycles. The topological polar surface area (TPSA) is 70.6 Å². The monoisotopic (exact) mass is 367 g/mol. The van der Waals surface area contributed by atoms with Crippen LogP contribution in [0.5, 0.6) is 0 Å². The number of aryl methyl sites for hydroxylation is 2. The van der Waals surface area contributed by atoms with Crippen LogP contribution in [0.25, 0.3) is 0 Å². The lowest BCUT2D eigenvalue weighted by molar-refractivity contribution is -0.122. The van der Waals surface area contributed by atoms with Crippen LogP contribution in [0.2, 0.25) is 0 Å². The van der Waals surface area contributed by atoms with Crippen LogP contribution >= 0.6 is 11.8 Å². The lowest BCUT2D eigenvalue weighted by Gasteiger charge is -2.10. The molecule has 0 aromatic heterocycles. The van der Waals surface area contributed by atoms with Crippen molar-refractivity contribution < 1.29 is 9.59 Å². The maximum Gasteiger partial charge on any atom is 0.240 e. The van der Waals surface area contributed by atoms with Gasteiger partial charge in [-0.1, -0.05) is 59.8 Å². The summed E-state index contributed by atoms with van der Waals surface area (Å²) in [4.78, 5) is 28.8. The highest BCUT2D eigenvalue weighted by Crippen LogP contribution is 2.24. The quantitative estimate of drug-likeness (QED) is 0.851. The summed E-state index contributed by atoms with van der Waals surface area (Å²) >= 11 is 1.31. The second kappa shape index (κ2) is 8.19. The molecule has 1 fully saturated rings. The Morgan fingerprint density at radius 2 is 1.96 bits per heavy atom. The summed E-state index contributed by atoms with van der Waals surface area (Å²) in [5.74, 6) is -0.341. The van der Waals surface area contributed by atoms with Crippen LogP contribution in [0, 0.1) is 13.8 Å². The van der Waals surface area contributed by atoms with Crippen LogP contribution in [0.1, 0.15) is 23.1 Å². The average Bonchev–Trinajstić information content (AvgIpc) is 2.96. The summed E-state index contributed by atoms with van der Waals surface area (Å²) in [7, 11) is 0. The van der Waals surface area contributed by atoms with Crippen LogP contribution < -0.4 is 10.6 Å². The van der Waals surface area contributed by atoms with E-state index in [1.807, 2.05) is 62.4 Å². The first-order valence-corrected chi connectivity index (χ1v) is 9.32. The maximum atomic E-state index is 12.3. The summed E-state index contributed by atoms with van der Waals surface area (Å²) in [6, 6.07) is 15.7. The van der Waals surface area contributed by atoms with E-state index < -0.39 is 5.25 Å². The van der Waals surface area contributed by atoms with Gasteiger partial charge in [0.15, 0.2) is 5.17 Å². The van der Waals surface area contributed by atoms with E-state index in [4.69, 9.17) is 0 Å². The molecule has 3 rings (SSSR count). The van der Waals surface area contributed by atoms with E-state index in [0.29, 0.717) is 11.7 Å². The standard InChI is InChI=1S/C20H21N3O2S/c1-13-8-9-16(14(2)10-13)22-18(24)11-17-19(25)23-20(26-17)21-12-15-6-4-3-5-7-15/h3-10,17H,11-12H2,1-2H3,(H,22,24)(H,21,23,25)/t17-/m0/s1. The van der Waals surface area contributed by atoms with Crippen LogP contribution in [0.3, 0.4) is 0 Å². The largest absolute Gasteiger partial charge is 0.326 e. The van der Waals surface area contributed by atoms with Crippen molar-refractivity contribution in [3.05, 3.63) is 65.2 Å². The second-order valence-corrected chi connectivity index (χ2v) is 7.46. The fraction of sp³-hybridized carbons (Fsp3) is 0.250. The molecule has 1 saturated heterocycles. The number of amides is 2. The van der Waals surface area contributed by atoms with E-state index in [2.05, 4.69) is 15.6 Å². The summed E-state index contributed by atoms with van der Waals surface area (Å²) in [6.45, 7) is 4.47. The first-order valence-electron chi connectivity index (χ1n) is 8.44. The van der Waals surface area contributed by atoms with Gasteiger partial charge in [-0.15, -0.1) is 0 Å². The van der Waals surface area contributed by atoms with Gasteiger partial charge in [-0.25, -0.2) is 0 Å². The van der Waals surface area contributed by atoms with Crippen LogP contribution in [-0.4, -0.2) is 22.2 Å². The van der Waals surface area contributed by atoms with Crippen LogP contribution in [0.4, 0.5) is 5.69 Å². The Morgan fingerprint density at radius 3 is 2.69 bits per heavy atom. The van der Waals surface area contributed by atoms with Gasteiger partial charge in [0.2, 0.25) is 11.8 Å². The minimum atomic E-state index is -0.449. The fourth-order valence-electron chi connectivity index (χ4n) is 2.68. The molecule has 0 bridgehead atoms. The predicted molar refractivity (Wildman–Crippen MR) is 106 cm³/mol. The molecule has 1 atom stereocenters. The van der Waals surface area contributed by atoms with Crippen molar-refractivity contribution in [1.82, 2.24) is 5.32 Å². The van der Waals surface area contributed by atoms with Gasteiger partial charge in [0.1, 0.15) is 5.25 Å². The van der Waals surface area contributed by atoms with E-state index in [9.17, 15) is 9.59 Å². The van der Waals surface area contributed by atoms with E-state index in [-0.39, 0.29) is 18.2 Å². The summed E-state index contributed by atoms with van der Waals surface area (Å²) in [5.41, 5.74) is 4.00. The minimum absolute atomic E-state index is 0.119. The summed E-state index contributed by atoms with van der Waals surface area (Å²) in [5, 5.41) is 5.77. The third-order valence-electron chi connectivity index (χ3n) is 4.05. The molecule has 26 heavy (non-hydrogen) atoms. The molecule has 2 aromatic rings. The number of rotatable bonds is 5. The Morgan fingerprint density at radius 1 is 1.19 bits per heavy atom. The summed E-state index contributed by atoms with van der Waals surface area (Å²) in [6.07, 6.45) is 0.119. The fourth-order valence-corrected chi connectivity index (χ4v) is 3.65. The van der Waals surface area contributed by atoms with Crippen molar-refractivity contribution in [1.29, 1.82) is 0 Å². The van der Waals surface area contributed by atoms with Gasteiger partial charge in [0, 0.05) is 12.1 Å². The van der Waals surface area contributed by atoms with Crippen LogP contribution in [-0.2, 0) is 16.1 Å². The van der Waals surface area contributed by atoms with Crippen molar-refractivity contribution in [2.75, 3.05) is 5.32 Å². The van der Waals surface area contributed by atoms with Gasteiger partial charge in [-0.2, -0.15) is 0 Å². The van der Waals surface area contributed by atoms with E-state index in [1.165, 1.54) is 11.8 Å². The minimum Gasteiger partial charge on any atom is -0.326 e. The van der Waals surface area contributed by atoms with E-state index in [0.717, 1.165) is 22.4 Å². The highest BCUT2D eigenvalue weighted by atomic mass is 32.2. The number of carbonyl (C=O) groups excluding carboxylic acids is 2. The van der Waals surface area contributed by atoms with Gasteiger partial charge >= 0.3 is 0 Å². The molecule has 0 spiro atoms. The smallest absolute Gasteiger partial charge is 0.240 e. The second-order valence-electron chi connectivity index (χ2n) is 6.27. The molecule has 2 aromatic carbocycles. The zero-order valence-electron chi connectivity index (χ0n) is 14.8. The number of thioether (sulfide) groups is 1. The van der Waals surface area contributed by atoms with E-state index in [1.54, 1.807) is 0 Å². The number of aliphatic imine (C=N–C) groups is 1. The molecule has 134 valence electrons. The summed E-state index contributed by atoms with van der Waals surface area (Å²) < 4.78 is 0. The Balaban J connectivity index is 1.56. The van der Waals surface area contributed by atoms with Gasteiger partial charge in [-0.3, -0.25) is 14.6 Å². The molecule has 1 aliphatic rings. The highest BCUT2D eigenvalue weighted by Gasteiger charge is 2.32. The Hall–Kier alpha value is -2.60. The van der Waals surface area contributed by atoms with Gasteiger partial charge in [0.25, 0.3) is 0 Å². The molecule has 2 amide bonds. The van der Waals surface area contributed by atoms with Gasteiger partial charge in [0.05, 0.1) is 6.54 Å². The van der Waals surface area contributed by atoms with Crippen LogP contribution in [0.15, 0.2) is 53.5 Å². The van der Waals surface area contributed by atoms with Gasteiger partial charge in [-0.05, 0) is 31.0 Å². The zero-order chi connectivity index (χ0) is 18.5. The van der Waals surface area contributed by atoms with E-state index >= 15 is 0 Å². The molecule has 0 aliphatic carbocycles. The van der Waals surface area contributed by atoms with Crippen molar-refractivity contribution in [3.8, 4) is 0 Å². The molecule has 6 heteroatoms. The number of anilines is 1. The Bertz CT molecular complexity index is 849. The number of benzene rings is 2. The Kier molecular flexibility index (Phi) is 5.73. The van der Waals surface area contributed by atoms with Crippen molar-refractivity contribution in [2.24, 2.45) is 4.99 Å². The number of hydrogen-bond acceptors (Lipinski definition) is 4. The lowest BCUT2D eigenvalue weighted by atomic mass is 10.1. The molecule has 5 nitrogen and oxygen atoms in total. The molecule has 1 aliphatic heterocycles. The van der Waals surface area contributed by atoms with Gasteiger partial charge < -0.3 is 10.6 Å². The first kappa shape index (κ1) is 18.2. The number of amidine groups is 1. The molecule has 2 N–H and O–H groups in total. The number of carbonyl (C=O) groups is 2. The normalized spacial score (nSPS) is 18.0. The average molecular weight is 367 g/mol. The molecule has 0 radical (unpaired) electrons. The maximum absolute atomic E-state index is 12.3. The number of nitrogens with zero attached hydrogens (tertiary/aromatic N) is 1. The Labute approximate surface area is 157 Å². The molecular weight excluding hydrogens is 346 g/mol. The number of nitrogens with one attached hydrogen (secondary N) is 2. The molecular formula is C20H21N3O2S. The van der Waals surface area contributed by atoms with Crippen molar-refractivity contribution in [2.45, 2.75) is 32.1 Å². The molecule has 0 unspecified atom stereocenters. The highest BCUT2D eigenvalue weighted by molar-refractivity contribution is 8.15. The zero-order valence-corrected chi connectivity index (χ0v) is 15.6. The number of hydrogen-bond donors (Lipinski definition) is 2. The third kappa shape index (κ3) is 4.73. The SMILES string of the molecule is Cc1ccc(NC(=O)C[C@@H]2SC(=NCc3ccccc3)NC2=O)c(C)c1. The van der Waals surface area contributed by atoms with Crippen molar-refractivity contribution in [3.63, 3.8) is 0 Å². The lowest BCUT2D eigenvalue weighted by Crippen LogP contribution is -2.28. The van der Waals surface area contributed by atoms with Crippen molar-refractivity contribution >= 4 is 34.4 Å². The predicted octanol–water partition coefficient (Wildman–Crippen LogP) is 3.42.